The summed E-state index contributed by atoms with van der Waals surface area (Å²) in [6.45, 7) is 8.45. The summed E-state index contributed by atoms with van der Waals surface area (Å²) in [5.74, 6) is 0.655. The molecule has 0 saturated heterocycles. The largest absolute Gasteiger partial charge is 0.444 e. The Labute approximate surface area is 140 Å². The van der Waals surface area contributed by atoms with Gasteiger partial charge in [-0.2, -0.15) is 0 Å². The predicted molar refractivity (Wildman–Crippen MR) is 93.4 cm³/mol. The smallest absolute Gasteiger partial charge is 0.407 e. The summed E-state index contributed by atoms with van der Waals surface area (Å²) in [4.78, 5) is 11.9. The van der Waals surface area contributed by atoms with Crippen molar-refractivity contribution in [2.45, 2.75) is 64.6 Å². The highest BCUT2D eigenvalue weighted by Gasteiger charge is 2.33. The Bertz CT molecular complexity index is 492. The second kappa shape index (κ2) is 7.82. The van der Waals surface area contributed by atoms with Gasteiger partial charge < -0.3 is 15.4 Å². The van der Waals surface area contributed by atoms with Crippen molar-refractivity contribution in [3.05, 3.63) is 35.9 Å². The average Bonchev–Trinajstić information content (AvgIpc) is 3.31. The lowest BCUT2D eigenvalue weighted by Gasteiger charge is -2.26. The lowest BCUT2D eigenvalue weighted by Crippen LogP contribution is -2.45. The molecular weight excluding hydrogens is 288 g/mol. The number of hydrogen-bond donors (Lipinski definition) is 2. The lowest BCUT2D eigenvalue weighted by molar-refractivity contribution is 0.0520. The van der Waals surface area contributed by atoms with Crippen molar-refractivity contribution in [1.29, 1.82) is 0 Å². The maximum Gasteiger partial charge on any atom is 0.407 e. The first-order valence-electron chi connectivity index (χ1n) is 8.67. The summed E-state index contributed by atoms with van der Waals surface area (Å²) in [6.07, 6.45) is 3.16. The van der Waals surface area contributed by atoms with Crippen molar-refractivity contribution in [1.82, 2.24) is 10.6 Å². The fourth-order valence-corrected chi connectivity index (χ4v) is 2.76. The van der Waals surface area contributed by atoms with Gasteiger partial charge in [0.2, 0.25) is 0 Å². The summed E-state index contributed by atoms with van der Waals surface area (Å²) in [5, 5.41) is 6.65. The van der Waals surface area contributed by atoms with Crippen LogP contribution in [0.3, 0.4) is 0 Å². The van der Waals surface area contributed by atoms with Crippen LogP contribution in [-0.4, -0.2) is 24.3 Å². The molecule has 2 rings (SSSR count). The SMILES string of the molecule is CCC(NC(CNC(=O)OC(C)(C)C)C1CC1)c1ccccc1. The minimum absolute atomic E-state index is 0.299. The van der Waals surface area contributed by atoms with Gasteiger partial charge in [-0.15, -0.1) is 0 Å². The third-order valence-electron chi connectivity index (χ3n) is 4.08. The van der Waals surface area contributed by atoms with Gasteiger partial charge in [-0.05, 0) is 51.5 Å². The molecule has 23 heavy (non-hydrogen) atoms. The van der Waals surface area contributed by atoms with Gasteiger partial charge in [-0.1, -0.05) is 37.3 Å². The molecule has 1 aliphatic rings. The number of alkyl carbamates (subject to hydrolysis) is 1. The minimum atomic E-state index is -0.456. The van der Waals surface area contributed by atoms with Crippen LogP contribution in [0, 0.1) is 5.92 Å². The molecule has 0 radical (unpaired) electrons. The van der Waals surface area contributed by atoms with Crippen LogP contribution in [0.1, 0.15) is 58.6 Å². The van der Waals surface area contributed by atoms with Gasteiger partial charge in [0.05, 0.1) is 0 Å². The van der Waals surface area contributed by atoms with E-state index in [1.807, 2.05) is 26.8 Å². The zero-order valence-corrected chi connectivity index (χ0v) is 14.8. The highest BCUT2D eigenvalue weighted by molar-refractivity contribution is 5.67. The van der Waals surface area contributed by atoms with E-state index in [9.17, 15) is 4.79 Å². The van der Waals surface area contributed by atoms with Crippen LogP contribution < -0.4 is 10.6 Å². The van der Waals surface area contributed by atoms with Crippen molar-refractivity contribution < 1.29 is 9.53 Å². The summed E-state index contributed by atoms with van der Waals surface area (Å²) < 4.78 is 5.33. The standard InChI is InChI=1S/C19H30N2O2/c1-5-16(14-9-7-6-8-10-14)21-17(15-11-12-15)13-20-18(22)23-19(2,3)4/h6-10,15-17,21H,5,11-13H2,1-4H3,(H,20,22). The van der Waals surface area contributed by atoms with Crippen LogP contribution in [0.2, 0.25) is 0 Å². The van der Waals surface area contributed by atoms with E-state index in [1.54, 1.807) is 0 Å². The van der Waals surface area contributed by atoms with Crippen molar-refractivity contribution in [2.24, 2.45) is 5.92 Å². The Balaban J connectivity index is 1.90. The molecule has 4 nitrogen and oxygen atoms in total. The fraction of sp³-hybridized carbons (Fsp3) is 0.632. The van der Waals surface area contributed by atoms with E-state index in [0.717, 1.165) is 6.42 Å². The Morgan fingerprint density at radius 3 is 2.43 bits per heavy atom. The van der Waals surface area contributed by atoms with Crippen LogP contribution >= 0.6 is 0 Å². The van der Waals surface area contributed by atoms with Gasteiger partial charge in [0.1, 0.15) is 5.60 Å². The Morgan fingerprint density at radius 2 is 1.91 bits per heavy atom. The van der Waals surface area contributed by atoms with Gasteiger partial charge >= 0.3 is 6.09 Å². The highest BCUT2D eigenvalue weighted by atomic mass is 16.6. The molecule has 2 N–H and O–H groups in total. The molecule has 1 aromatic carbocycles. The summed E-state index contributed by atoms with van der Waals surface area (Å²) >= 11 is 0. The van der Waals surface area contributed by atoms with Crippen molar-refractivity contribution in [2.75, 3.05) is 6.54 Å². The molecule has 0 aromatic heterocycles. The maximum absolute atomic E-state index is 11.9. The molecule has 128 valence electrons. The number of rotatable bonds is 7. The first-order chi connectivity index (χ1) is 10.9. The van der Waals surface area contributed by atoms with E-state index in [4.69, 9.17) is 4.74 Å². The Kier molecular flexibility index (Phi) is 6.05. The zero-order chi connectivity index (χ0) is 16.9. The van der Waals surface area contributed by atoms with E-state index in [-0.39, 0.29) is 6.09 Å². The molecule has 1 saturated carbocycles. The summed E-state index contributed by atoms with van der Waals surface area (Å²) in [6, 6.07) is 11.1. The first kappa shape index (κ1) is 17.8. The molecule has 0 bridgehead atoms. The molecule has 2 atom stereocenters. The van der Waals surface area contributed by atoms with E-state index in [2.05, 4.69) is 41.8 Å². The lowest BCUT2D eigenvalue weighted by atomic mass is 10.0. The second-order valence-corrected chi connectivity index (χ2v) is 7.36. The zero-order valence-electron chi connectivity index (χ0n) is 14.8. The van der Waals surface area contributed by atoms with E-state index >= 15 is 0 Å². The number of carbonyl (C=O) groups excluding carboxylic acids is 1. The fourth-order valence-electron chi connectivity index (χ4n) is 2.76. The molecule has 2 unspecified atom stereocenters. The normalized spacial score (nSPS) is 17.4. The number of amides is 1. The van der Waals surface area contributed by atoms with Crippen LogP contribution in [0.15, 0.2) is 30.3 Å². The maximum atomic E-state index is 11.9. The van der Waals surface area contributed by atoms with E-state index in [1.165, 1.54) is 18.4 Å². The molecule has 1 amide bonds. The molecule has 0 spiro atoms. The highest BCUT2D eigenvalue weighted by Crippen LogP contribution is 2.34. The second-order valence-electron chi connectivity index (χ2n) is 7.36. The first-order valence-corrected chi connectivity index (χ1v) is 8.67. The van der Waals surface area contributed by atoms with Crippen LogP contribution in [-0.2, 0) is 4.74 Å². The van der Waals surface area contributed by atoms with Crippen molar-refractivity contribution in [3.63, 3.8) is 0 Å². The number of nitrogens with one attached hydrogen (secondary N) is 2. The summed E-state index contributed by atoms with van der Waals surface area (Å²) in [7, 11) is 0. The quantitative estimate of drug-likeness (QED) is 0.798. The molecule has 0 heterocycles. The molecule has 1 aromatic rings. The average molecular weight is 318 g/mol. The number of benzene rings is 1. The Morgan fingerprint density at radius 1 is 1.26 bits per heavy atom. The van der Waals surface area contributed by atoms with Gasteiger partial charge in [-0.25, -0.2) is 4.79 Å². The van der Waals surface area contributed by atoms with E-state index < -0.39 is 5.60 Å². The molecule has 1 aliphatic carbocycles. The third-order valence-corrected chi connectivity index (χ3v) is 4.08. The molecular formula is C19H30N2O2. The molecule has 0 aliphatic heterocycles. The predicted octanol–water partition coefficient (Wildman–Crippen LogP) is 4.03. The number of hydrogen-bond acceptors (Lipinski definition) is 3. The van der Waals surface area contributed by atoms with Crippen molar-refractivity contribution in [3.8, 4) is 0 Å². The third kappa shape index (κ3) is 6.22. The topological polar surface area (TPSA) is 50.4 Å². The minimum Gasteiger partial charge on any atom is -0.444 e. The Hall–Kier alpha value is -1.55. The van der Waals surface area contributed by atoms with Gasteiger partial charge in [0.25, 0.3) is 0 Å². The van der Waals surface area contributed by atoms with Crippen LogP contribution in [0.5, 0.6) is 0 Å². The number of ether oxygens (including phenoxy) is 1. The van der Waals surface area contributed by atoms with Gasteiger partial charge in [0, 0.05) is 18.6 Å². The van der Waals surface area contributed by atoms with Crippen molar-refractivity contribution >= 4 is 6.09 Å². The van der Waals surface area contributed by atoms with Crippen LogP contribution in [0.25, 0.3) is 0 Å². The monoisotopic (exact) mass is 318 g/mol. The van der Waals surface area contributed by atoms with Crippen LogP contribution in [0.4, 0.5) is 4.79 Å². The van der Waals surface area contributed by atoms with Gasteiger partial charge in [0.15, 0.2) is 0 Å². The summed E-state index contributed by atoms with van der Waals surface area (Å²) in [5.41, 5.74) is 0.848. The number of carbonyl (C=O) groups is 1. The molecule has 4 heteroatoms. The van der Waals surface area contributed by atoms with Gasteiger partial charge in [-0.3, -0.25) is 0 Å². The van der Waals surface area contributed by atoms with E-state index in [0.29, 0.717) is 24.5 Å². The molecule has 1 fully saturated rings.